The minimum atomic E-state index is 0.496. The van der Waals surface area contributed by atoms with Crippen molar-refractivity contribution in [1.29, 1.82) is 0 Å². The molecule has 1 atom stereocenters. The first-order chi connectivity index (χ1) is 17.5. The van der Waals surface area contributed by atoms with E-state index in [1.54, 1.807) is 0 Å². The van der Waals surface area contributed by atoms with Gasteiger partial charge in [-0.05, 0) is 63.6 Å². The van der Waals surface area contributed by atoms with Crippen LogP contribution in [0, 0.1) is 11.8 Å². The summed E-state index contributed by atoms with van der Waals surface area (Å²) in [6.07, 6.45) is 28.1. The van der Waals surface area contributed by atoms with Gasteiger partial charge >= 0.3 is 0 Å². The Labute approximate surface area is 225 Å². The van der Waals surface area contributed by atoms with Gasteiger partial charge < -0.3 is 9.47 Å². The van der Waals surface area contributed by atoms with E-state index in [1.807, 2.05) is 12.5 Å². The van der Waals surface area contributed by atoms with Gasteiger partial charge in [-0.2, -0.15) is 0 Å². The summed E-state index contributed by atoms with van der Waals surface area (Å²) >= 11 is 0. The van der Waals surface area contributed by atoms with E-state index in [-0.39, 0.29) is 0 Å². The smallest absolute Gasteiger partial charge is 0.132 e. The van der Waals surface area contributed by atoms with Crippen molar-refractivity contribution in [3.63, 3.8) is 0 Å². The lowest BCUT2D eigenvalue weighted by Gasteiger charge is -2.22. The van der Waals surface area contributed by atoms with Crippen LogP contribution in [0.3, 0.4) is 0 Å². The van der Waals surface area contributed by atoms with Crippen molar-refractivity contribution in [2.45, 2.75) is 150 Å². The molecule has 1 unspecified atom stereocenters. The number of imidazole rings is 1. The highest BCUT2D eigenvalue weighted by Crippen LogP contribution is 2.18. The summed E-state index contributed by atoms with van der Waals surface area (Å²) in [4.78, 5) is 19.1. The van der Waals surface area contributed by atoms with E-state index in [9.17, 15) is 4.79 Å². The zero-order chi connectivity index (χ0) is 26.3. The van der Waals surface area contributed by atoms with Gasteiger partial charge in [0.25, 0.3) is 0 Å². The Bertz CT molecular complexity index is 599. The molecule has 0 fully saturated rings. The summed E-state index contributed by atoms with van der Waals surface area (Å²) < 4.78 is 2.19. The Morgan fingerprint density at radius 3 is 2.03 bits per heavy atom. The van der Waals surface area contributed by atoms with Crippen LogP contribution in [0.25, 0.3) is 0 Å². The molecule has 0 saturated heterocycles. The molecule has 1 aromatic rings. The third-order valence-electron chi connectivity index (χ3n) is 7.60. The van der Waals surface area contributed by atoms with Gasteiger partial charge in [0, 0.05) is 31.8 Å². The fraction of sp³-hybridized carbons (Fsp3) is 0.875. The molecule has 0 spiro atoms. The first kappa shape index (κ1) is 32.9. The van der Waals surface area contributed by atoms with Gasteiger partial charge in [-0.3, -0.25) is 4.79 Å². The molecule has 36 heavy (non-hydrogen) atoms. The van der Waals surface area contributed by atoms with Crippen molar-refractivity contribution < 1.29 is 4.79 Å². The standard InChI is InChI=1S/C32H61N3O/c1-5-6-7-11-14-24-34(26-17-27-35-28-23-33-29-35)25-15-12-9-8-10-13-20-32(36)22-21-31(4)19-16-18-30(2)3/h23,28-31H,5-22,24-27H2,1-4H3. The van der Waals surface area contributed by atoms with E-state index in [1.165, 1.54) is 110 Å². The van der Waals surface area contributed by atoms with Gasteiger partial charge in [-0.1, -0.05) is 98.3 Å². The van der Waals surface area contributed by atoms with Crippen LogP contribution in [0.15, 0.2) is 18.7 Å². The largest absolute Gasteiger partial charge is 0.337 e. The lowest BCUT2D eigenvalue weighted by atomic mass is 9.94. The Morgan fingerprint density at radius 1 is 0.750 bits per heavy atom. The zero-order valence-electron chi connectivity index (χ0n) is 24.7. The minimum absolute atomic E-state index is 0.496. The van der Waals surface area contributed by atoms with Crippen LogP contribution < -0.4 is 0 Å². The van der Waals surface area contributed by atoms with Crippen LogP contribution in [-0.2, 0) is 11.3 Å². The number of unbranched alkanes of at least 4 members (excludes halogenated alkanes) is 9. The van der Waals surface area contributed by atoms with E-state index < -0.39 is 0 Å². The molecule has 4 nitrogen and oxygen atoms in total. The highest BCUT2D eigenvalue weighted by molar-refractivity contribution is 5.78. The Morgan fingerprint density at radius 2 is 1.39 bits per heavy atom. The molecule has 0 aliphatic carbocycles. The third kappa shape index (κ3) is 20.0. The Balaban J connectivity index is 2.06. The number of carbonyl (C=O) groups is 1. The van der Waals surface area contributed by atoms with E-state index in [0.29, 0.717) is 11.7 Å². The molecule has 0 aliphatic rings. The van der Waals surface area contributed by atoms with E-state index in [0.717, 1.165) is 38.1 Å². The lowest BCUT2D eigenvalue weighted by Crippen LogP contribution is -2.28. The number of Topliss-reactive ketones (excluding diaryl/α,β-unsaturated/α-hetero) is 1. The van der Waals surface area contributed by atoms with E-state index in [2.05, 4.69) is 48.3 Å². The SMILES string of the molecule is CCCCCCCN(CCCCCCCCC(=O)CCC(C)CCCC(C)C)CCCn1ccnc1. The van der Waals surface area contributed by atoms with Crippen LogP contribution in [-0.4, -0.2) is 39.9 Å². The molecule has 0 radical (unpaired) electrons. The highest BCUT2D eigenvalue weighted by Gasteiger charge is 2.08. The second kappa shape index (κ2) is 23.0. The second-order valence-corrected chi connectivity index (χ2v) is 11.8. The molecule has 1 heterocycles. The molecule has 0 amide bonds. The monoisotopic (exact) mass is 503 g/mol. The van der Waals surface area contributed by atoms with Crippen molar-refractivity contribution >= 4 is 5.78 Å². The quantitative estimate of drug-likeness (QED) is 0.118. The molecule has 0 aliphatic heterocycles. The minimum Gasteiger partial charge on any atom is -0.337 e. The molecular weight excluding hydrogens is 442 g/mol. The van der Waals surface area contributed by atoms with Crippen LogP contribution in [0.4, 0.5) is 0 Å². The number of hydrogen-bond donors (Lipinski definition) is 0. The summed E-state index contributed by atoms with van der Waals surface area (Å²) in [5.41, 5.74) is 0. The first-order valence-electron chi connectivity index (χ1n) is 15.7. The van der Waals surface area contributed by atoms with Gasteiger partial charge in [0.2, 0.25) is 0 Å². The summed E-state index contributed by atoms with van der Waals surface area (Å²) in [6, 6.07) is 0. The molecule has 0 N–H and O–H groups in total. The third-order valence-corrected chi connectivity index (χ3v) is 7.60. The van der Waals surface area contributed by atoms with Crippen molar-refractivity contribution in [3.05, 3.63) is 18.7 Å². The van der Waals surface area contributed by atoms with Crippen LogP contribution in [0.5, 0.6) is 0 Å². The van der Waals surface area contributed by atoms with Gasteiger partial charge in [0.05, 0.1) is 6.33 Å². The predicted octanol–water partition coefficient (Wildman–Crippen LogP) is 9.09. The number of nitrogens with zero attached hydrogens (tertiary/aromatic N) is 3. The van der Waals surface area contributed by atoms with E-state index >= 15 is 0 Å². The molecule has 1 rings (SSSR count). The maximum atomic E-state index is 12.2. The molecule has 4 heteroatoms. The van der Waals surface area contributed by atoms with Crippen LogP contribution in [0.1, 0.15) is 143 Å². The Hall–Kier alpha value is -1.16. The topological polar surface area (TPSA) is 38.1 Å². The normalized spacial score (nSPS) is 12.6. The summed E-state index contributed by atoms with van der Waals surface area (Å²) in [7, 11) is 0. The van der Waals surface area contributed by atoms with E-state index in [4.69, 9.17) is 0 Å². The predicted molar refractivity (Wildman–Crippen MR) is 156 cm³/mol. The number of aromatic nitrogens is 2. The maximum absolute atomic E-state index is 12.2. The molecule has 210 valence electrons. The van der Waals surface area contributed by atoms with Crippen LogP contribution in [0.2, 0.25) is 0 Å². The number of ketones is 1. The number of hydrogen-bond acceptors (Lipinski definition) is 3. The molecule has 0 saturated carbocycles. The lowest BCUT2D eigenvalue weighted by molar-refractivity contribution is -0.119. The molecule has 0 aromatic carbocycles. The number of aryl methyl sites for hydroxylation is 1. The van der Waals surface area contributed by atoms with Gasteiger partial charge in [-0.25, -0.2) is 4.98 Å². The highest BCUT2D eigenvalue weighted by atomic mass is 16.1. The zero-order valence-corrected chi connectivity index (χ0v) is 24.7. The number of carbonyl (C=O) groups excluding carboxylic acids is 1. The summed E-state index contributed by atoms with van der Waals surface area (Å²) in [5, 5.41) is 0. The van der Waals surface area contributed by atoms with Gasteiger partial charge in [0.1, 0.15) is 5.78 Å². The fourth-order valence-corrected chi connectivity index (χ4v) is 5.09. The average molecular weight is 504 g/mol. The summed E-state index contributed by atoms with van der Waals surface area (Å²) in [5.74, 6) is 2.00. The molecule has 1 aromatic heterocycles. The fourth-order valence-electron chi connectivity index (χ4n) is 5.09. The average Bonchev–Trinajstić information content (AvgIpc) is 3.37. The molecule has 0 bridgehead atoms. The van der Waals surface area contributed by atoms with Crippen LogP contribution >= 0.6 is 0 Å². The molecular formula is C32H61N3O. The van der Waals surface area contributed by atoms with Gasteiger partial charge in [-0.15, -0.1) is 0 Å². The first-order valence-corrected chi connectivity index (χ1v) is 15.7. The number of rotatable bonds is 26. The van der Waals surface area contributed by atoms with Crippen molar-refractivity contribution in [2.24, 2.45) is 11.8 Å². The maximum Gasteiger partial charge on any atom is 0.132 e. The second-order valence-electron chi connectivity index (χ2n) is 11.8. The van der Waals surface area contributed by atoms with Crippen molar-refractivity contribution in [1.82, 2.24) is 14.5 Å². The van der Waals surface area contributed by atoms with Crippen molar-refractivity contribution in [3.8, 4) is 0 Å². The summed E-state index contributed by atoms with van der Waals surface area (Å²) in [6.45, 7) is 14.0. The van der Waals surface area contributed by atoms with Crippen molar-refractivity contribution in [2.75, 3.05) is 19.6 Å². The Kier molecular flexibility index (Phi) is 21.0. The van der Waals surface area contributed by atoms with Gasteiger partial charge in [0.15, 0.2) is 0 Å².